The highest BCUT2D eigenvalue weighted by Gasteiger charge is 2.48. The van der Waals surface area contributed by atoms with Gasteiger partial charge in [-0.2, -0.15) is 0 Å². The molecule has 0 spiro atoms. The summed E-state index contributed by atoms with van der Waals surface area (Å²) in [6, 6.07) is 15.4. The molecule has 1 amide bonds. The maximum atomic E-state index is 12.9. The fraction of sp³-hybridized carbons (Fsp3) is 0.300. The van der Waals surface area contributed by atoms with Crippen LogP contribution in [-0.2, 0) is 14.6 Å². The third-order valence-electron chi connectivity index (χ3n) is 4.95. The molecule has 2 N–H and O–H groups in total. The average Bonchev–Trinajstić information content (AvgIpc) is 2.68. The van der Waals surface area contributed by atoms with Crippen molar-refractivity contribution in [1.82, 2.24) is 5.32 Å². The van der Waals surface area contributed by atoms with Crippen LogP contribution < -0.4 is 10.6 Å². The van der Waals surface area contributed by atoms with Gasteiger partial charge in [0.2, 0.25) is 5.91 Å². The van der Waals surface area contributed by atoms with Crippen molar-refractivity contribution in [2.75, 3.05) is 24.7 Å². The maximum absolute atomic E-state index is 12.9. The highest BCUT2D eigenvalue weighted by Crippen LogP contribution is 2.29. The van der Waals surface area contributed by atoms with E-state index in [9.17, 15) is 18.0 Å². The third kappa shape index (κ3) is 3.94. The molecule has 0 unspecified atom stereocenters. The van der Waals surface area contributed by atoms with Gasteiger partial charge in [0.05, 0.1) is 0 Å². The molecule has 6 nitrogen and oxygen atoms in total. The topological polar surface area (TPSA) is 92.3 Å². The molecule has 3 rings (SSSR count). The molecule has 142 valence electrons. The molecular weight excluding hydrogens is 364 g/mol. The number of amides is 1. The van der Waals surface area contributed by atoms with Gasteiger partial charge in [0.15, 0.2) is 20.4 Å². The van der Waals surface area contributed by atoms with Crippen LogP contribution in [0.25, 0.3) is 0 Å². The predicted octanol–water partition coefficient (Wildman–Crippen LogP) is 2.02. The second-order valence-electron chi connectivity index (χ2n) is 6.75. The molecule has 27 heavy (non-hydrogen) atoms. The highest BCUT2D eigenvalue weighted by molar-refractivity contribution is 7.92. The van der Waals surface area contributed by atoms with Crippen LogP contribution in [0, 0.1) is 0 Å². The largest absolute Gasteiger partial charge is 0.325 e. The van der Waals surface area contributed by atoms with E-state index in [0.29, 0.717) is 29.9 Å². The van der Waals surface area contributed by atoms with Crippen molar-refractivity contribution in [3.63, 3.8) is 0 Å². The Balaban J connectivity index is 1.85. The quantitative estimate of drug-likeness (QED) is 0.767. The van der Waals surface area contributed by atoms with Crippen molar-refractivity contribution in [3.8, 4) is 0 Å². The van der Waals surface area contributed by atoms with E-state index in [-0.39, 0.29) is 18.6 Å². The van der Waals surface area contributed by atoms with Gasteiger partial charge in [0.25, 0.3) is 0 Å². The van der Waals surface area contributed by atoms with Crippen LogP contribution in [0.3, 0.4) is 0 Å². The number of ketones is 1. The van der Waals surface area contributed by atoms with E-state index in [2.05, 4.69) is 10.6 Å². The van der Waals surface area contributed by atoms with E-state index in [1.807, 2.05) is 6.07 Å². The molecule has 1 fully saturated rings. The SMILES string of the molecule is CS(=O)(=O)C1(C(=O)Nc2cccc(C(=O)c3ccccc3)c2)CCNCC1. The number of nitrogens with one attached hydrogen (secondary N) is 2. The average molecular weight is 386 g/mol. The molecule has 1 heterocycles. The van der Waals surface area contributed by atoms with Gasteiger partial charge in [-0.25, -0.2) is 8.42 Å². The van der Waals surface area contributed by atoms with Gasteiger partial charge in [-0.3, -0.25) is 9.59 Å². The van der Waals surface area contributed by atoms with Gasteiger partial charge < -0.3 is 10.6 Å². The van der Waals surface area contributed by atoms with Crippen LogP contribution in [0.2, 0.25) is 0 Å². The number of sulfone groups is 1. The molecular formula is C20H22N2O4S. The standard InChI is InChI=1S/C20H22N2O4S/c1-27(25,26)20(10-12-21-13-11-20)19(24)22-17-9-5-8-16(14-17)18(23)15-6-3-2-4-7-15/h2-9,14,21H,10-13H2,1H3,(H,22,24). The summed E-state index contributed by atoms with van der Waals surface area (Å²) < 4.78 is 23.3. The van der Waals surface area contributed by atoms with Crippen molar-refractivity contribution in [2.45, 2.75) is 17.6 Å². The van der Waals surface area contributed by atoms with Crippen LogP contribution in [0.15, 0.2) is 54.6 Å². The number of carbonyl (C=O) groups excluding carboxylic acids is 2. The van der Waals surface area contributed by atoms with Gasteiger partial charge in [0.1, 0.15) is 0 Å². The molecule has 1 aliphatic rings. The Morgan fingerprint density at radius 2 is 1.59 bits per heavy atom. The lowest BCUT2D eigenvalue weighted by Crippen LogP contribution is -2.55. The zero-order valence-electron chi connectivity index (χ0n) is 15.1. The normalized spacial score (nSPS) is 16.5. The van der Waals surface area contributed by atoms with E-state index < -0.39 is 20.5 Å². The van der Waals surface area contributed by atoms with E-state index >= 15 is 0 Å². The first-order valence-corrected chi connectivity index (χ1v) is 10.6. The number of rotatable bonds is 5. The number of hydrogen-bond acceptors (Lipinski definition) is 5. The smallest absolute Gasteiger partial charge is 0.245 e. The zero-order chi connectivity index (χ0) is 19.5. The van der Waals surface area contributed by atoms with Gasteiger partial charge in [-0.15, -0.1) is 0 Å². The minimum atomic E-state index is -3.60. The van der Waals surface area contributed by atoms with Gasteiger partial charge in [-0.1, -0.05) is 42.5 Å². The first kappa shape index (κ1) is 19.3. The minimum absolute atomic E-state index is 0.161. The van der Waals surface area contributed by atoms with E-state index in [1.165, 1.54) is 0 Å². The first-order chi connectivity index (χ1) is 12.8. The fourth-order valence-corrected chi connectivity index (χ4v) is 4.67. The molecule has 2 aromatic rings. The zero-order valence-corrected chi connectivity index (χ0v) is 15.9. The second-order valence-corrected chi connectivity index (χ2v) is 9.07. The number of carbonyl (C=O) groups is 2. The minimum Gasteiger partial charge on any atom is -0.325 e. The van der Waals surface area contributed by atoms with Crippen LogP contribution in [0.5, 0.6) is 0 Å². The summed E-state index contributed by atoms with van der Waals surface area (Å²) in [7, 11) is -3.60. The molecule has 0 atom stereocenters. The van der Waals surface area contributed by atoms with Crippen LogP contribution >= 0.6 is 0 Å². The summed E-state index contributed by atoms with van der Waals surface area (Å²) in [6.07, 6.45) is 1.55. The van der Waals surface area contributed by atoms with E-state index in [4.69, 9.17) is 0 Å². The summed E-state index contributed by atoms with van der Waals surface area (Å²) >= 11 is 0. The number of anilines is 1. The van der Waals surface area contributed by atoms with Crippen LogP contribution in [-0.4, -0.2) is 44.2 Å². The molecule has 0 aromatic heterocycles. The Kier molecular flexibility index (Phi) is 5.43. The molecule has 0 saturated carbocycles. The Labute approximate surface area is 158 Å². The predicted molar refractivity (Wildman–Crippen MR) is 105 cm³/mol. The summed E-state index contributed by atoms with van der Waals surface area (Å²) in [5.74, 6) is -0.706. The van der Waals surface area contributed by atoms with Crippen molar-refractivity contribution in [2.24, 2.45) is 0 Å². The maximum Gasteiger partial charge on any atom is 0.245 e. The molecule has 0 aliphatic carbocycles. The lowest BCUT2D eigenvalue weighted by Gasteiger charge is -2.34. The molecule has 0 radical (unpaired) electrons. The van der Waals surface area contributed by atoms with Gasteiger partial charge in [0, 0.05) is 23.1 Å². The van der Waals surface area contributed by atoms with Crippen LogP contribution in [0.1, 0.15) is 28.8 Å². The van der Waals surface area contributed by atoms with Crippen molar-refractivity contribution in [3.05, 3.63) is 65.7 Å². The summed E-state index contributed by atoms with van der Waals surface area (Å²) in [5.41, 5.74) is 1.38. The lowest BCUT2D eigenvalue weighted by atomic mass is 9.95. The number of hydrogen-bond donors (Lipinski definition) is 2. The van der Waals surface area contributed by atoms with E-state index in [0.717, 1.165) is 6.26 Å². The Morgan fingerprint density at radius 3 is 2.22 bits per heavy atom. The molecule has 0 bridgehead atoms. The molecule has 1 aliphatic heterocycles. The number of piperidine rings is 1. The van der Waals surface area contributed by atoms with Gasteiger partial charge >= 0.3 is 0 Å². The fourth-order valence-electron chi connectivity index (χ4n) is 3.34. The van der Waals surface area contributed by atoms with E-state index in [1.54, 1.807) is 48.5 Å². The first-order valence-electron chi connectivity index (χ1n) is 8.75. The molecule has 1 saturated heterocycles. The monoisotopic (exact) mass is 386 g/mol. The second kappa shape index (κ2) is 7.62. The Bertz CT molecular complexity index is 949. The summed E-state index contributed by atoms with van der Waals surface area (Å²) in [6.45, 7) is 0.931. The van der Waals surface area contributed by atoms with Crippen molar-refractivity contribution < 1.29 is 18.0 Å². The third-order valence-corrected chi connectivity index (χ3v) is 6.97. The van der Waals surface area contributed by atoms with Gasteiger partial charge in [-0.05, 0) is 38.1 Å². The lowest BCUT2D eigenvalue weighted by molar-refractivity contribution is -0.119. The van der Waals surface area contributed by atoms with Crippen LogP contribution in [0.4, 0.5) is 5.69 Å². The molecule has 7 heteroatoms. The number of benzene rings is 2. The molecule has 2 aromatic carbocycles. The Hall–Kier alpha value is -2.51. The highest BCUT2D eigenvalue weighted by atomic mass is 32.2. The van der Waals surface area contributed by atoms with Crippen molar-refractivity contribution >= 4 is 27.2 Å². The summed E-state index contributed by atoms with van der Waals surface area (Å²) in [5, 5.41) is 5.79. The Morgan fingerprint density at radius 1 is 0.963 bits per heavy atom. The summed E-state index contributed by atoms with van der Waals surface area (Å²) in [4.78, 5) is 25.5. The van der Waals surface area contributed by atoms with Crippen molar-refractivity contribution in [1.29, 1.82) is 0 Å².